The van der Waals surface area contributed by atoms with Gasteiger partial charge in [0.05, 0.1) is 21.3 Å². The molecule has 0 saturated carbocycles. The third kappa shape index (κ3) is 2.50. The molecule has 0 saturated heterocycles. The van der Waals surface area contributed by atoms with E-state index in [4.69, 9.17) is 0 Å². The van der Waals surface area contributed by atoms with E-state index >= 15 is 0 Å². The van der Waals surface area contributed by atoms with Crippen LogP contribution in [0.2, 0.25) is 0 Å². The number of nitrogens with zero attached hydrogens (tertiary/aromatic N) is 2. The zero-order valence-corrected chi connectivity index (χ0v) is 11.4. The summed E-state index contributed by atoms with van der Waals surface area (Å²) in [7, 11) is 0. The highest BCUT2D eigenvalue weighted by Gasteiger charge is 2.14. The molecule has 0 radical (unpaired) electrons. The molecule has 19 heavy (non-hydrogen) atoms. The van der Waals surface area contributed by atoms with Crippen molar-refractivity contribution in [2.75, 3.05) is 0 Å². The van der Waals surface area contributed by atoms with Crippen molar-refractivity contribution in [1.82, 2.24) is 9.97 Å². The smallest absolute Gasteiger partial charge is 0.0967 e. The monoisotopic (exact) mass is 270 g/mol. The largest absolute Gasteiger partial charge is 0.388 e. The van der Waals surface area contributed by atoms with Gasteiger partial charge in [-0.2, -0.15) is 0 Å². The van der Waals surface area contributed by atoms with Crippen LogP contribution in [0.3, 0.4) is 0 Å². The topological polar surface area (TPSA) is 46.0 Å². The number of hydrogen-bond donors (Lipinski definition) is 1. The van der Waals surface area contributed by atoms with Crippen molar-refractivity contribution >= 4 is 21.6 Å². The number of hydrogen-bond acceptors (Lipinski definition) is 4. The van der Waals surface area contributed by atoms with Crippen LogP contribution in [0.15, 0.2) is 42.6 Å². The Bertz CT molecular complexity index is 675. The maximum absolute atomic E-state index is 10.3. The number of para-hydroxylation sites is 1. The van der Waals surface area contributed by atoms with Crippen molar-refractivity contribution in [1.29, 1.82) is 0 Å². The average molecular weight is 270 g/mol. The van der Waals surface area contributed by atoms with Crippen molar-refractivity contribution in [3.8, 4) is 0 Å². The van der Waals surface area contributed by atoms with Gasteiger partial charge in [-0.05, 0) is 25.1 Å². The molecule has 2 aromatic heterocycles. The number of fused-ring (bicyclic) bond motifs is 1. The fraction of sp³-hybridized carbons (Fsp3) is 0.200. The first kappa shape index (κ1) is 12.3. The van der Waals surface area contributed by atoms with Gasteiger partial charge in [0.15, 0.2) is 0 Å². The maximum atomic E-state index is 10.3. The quantitative estimate of drug-likeness (QED) is 0.794. The molecular weight excluding hydrogens is 256 g/mol. The van der Waals surface area contributed by atoms with Crippen molar-refractivity contribution in [2.24, 2.45) is 0 Å². The third-order valence-corrected chi connectivity index (χ3v) is 4.17. The van der Waals surface area contributed by atoms with E-state index in [1.54, 1.807) is 17.5 Å². The Morgan fingerprint density at radius 3 is 2.84 bits per heavy atom. The van der Waals surface area contributed by atoms with Crippen LogP contribution in [0.1, 0.15) is 22.4 Å². The highest BCUT2D eigenvalue weighted by molar-refractivity contribution is 7.18. The van der Waals surface area contributed by atoms with Gasteiger partial charge in [-0.25, -0.2) is 4.98 Å². The zero-order valence-electron chi connectivity index (χ0n) is 10.6. The molecule has 0 amide bonds. The van der Waals surface area contributed by atoms with E-state index in [0.717, 1.165) is 26.5 Å². The molecule has 4 heteroatoms. The lowest BCUT2D eigenvalue weighted by molar-refractivity contribution is 0.177. The molecule has 3 nitrogen and oxygen atoms in total. The summed E-state index contributed by atoms with van der Waals surface area (Å²) < 4.78 is 1.16. The molecule has 3 aromatic rings. The summed E-state index contributed by atoms with van der Waals surface area (Å²) in [5.41, 5.74) is 2.75. The first-order chi connectivity index (χ1) is 9.24. The summed E-state index contributed by atoms with van der Waals surface area (Å²) in [6.07, 6.45) is 1.73. The Morgan fingerprint density at radius 2 is 2.05 bits per heavy atom. The molecule has 0 aliphatic carbocycles. The number of pyridine rings is 1. The minimum atomic E-state index is -0.547. The van der Waals surface area contributed by atoms with Gasteiger partial charge < -0.3 is 5.11 Å². The van der Waals surface area contributed by atoms with E-state index in [1.165, 1.54) is 0 Å². The Labute approximate surface area is 115 Å². The lowest BCUT2D eigenvalue weighted by atomic mass is 10.1. The van der Waals surface area contributed by atoms with Gasteiger partial charge in [-0.15, -0.1) is 11.3 Å². The highest BCUT2D eigenvalue weighted by Crippen LogP contribution is 2.26. The first-order valence-corrected chi connectivity index (χ1v) is 7.00. The molecule has 1 atom stereocenters. The van der Waals surface area contributed by atoms with Crippen molar-refractivity contribution in [3.63, 3.8) is 0 Å². The van der Waals surface area contributed by atoms with Crippen LogP contribution in [0.5, 0.6) is 0 Å². The van der Waals surface area contributed by atoms with Crippen molar-refractivity contribution in [3.05, 3.63) is 58.9 Å². The minimum Gasteiger partial charge on any atom is -0.388 e. The van der Waals surface area contributed by atoms with Crippen LogP contribution in [-0.2, 0) is 6.42 Å². The van der Waals surface area contributed by atoms with Gasteiger partial charge in [0.2, 0.25) is 0 Å². The Balaban J connectivity index is 1.86. The molecule has 0 bridgehead atoms. The molecule has 0 aliphatic rings. The Kier molecular flexibility index (Phi) is 3.27. The van der Waals surface area contributed by atoms with E-state index in [1.807, 2.05) is 37.3 Å². The average Bonchev–Trinajstić information content (AvgIpc) is 2.81. The summed E-state index contributed by atoms with van der Waals surface area (Å²) in [5, 5.41) is 11.3. The predicted molar refractivity (Wildman–Crippen MR) is 77.3 cm³/mol. The summed E-state index contributed by atoms with van der Waals surface area (Å²) in [5.74, 6) is 0. The van der Waals surface area contributed by atoms with Gasteiger partial charge in [0.1, 0.15) is 0 Å². The van der Waals surface area contributed by atoms with Crippen LogP contribution < -0.4 is 0 Å². The highest BCUT2D eigenvalue weighted by atomic mass is 32.1. The van der Waals surface area contributed by atoms with Crippen LogP contribution in [0.25, 0.3) is 10.2 Å². The van der Waals surface area contributed by atoms with Crippen LogP contribution in [0.4, 0.5) is 0 Å². The molecule has 1 unspecified atom stereocenters. The van der Waals surface area contributed by atoms with E-state index in [2.05, 4.69) is 16.0 Å². The van der Waals surface area contributed by atoms with Crippen LogP contribution in [-0.4, -0.2) is 15.1 Å². The minimum absolute atomic E-state index is 0.534. The molecule has 0 spiro atoms. The first-order valence-electron chi connectivity index (χ1n) is 6.18. The second-order valence-electron chi connectivity index (χ2n) is 4.47. The number of thiazole rings is 1. The predicted octanol–water partition coefficient (Wildman–Crippen LogP) is 3.28. The molecule has 1 N–H and O–H groups in total. The van der Waals surface area contributed by atoms with E-state index in [0.29, 0.717) is 6.42 Å². The Morgan fingerprint density at radius 1 is 1.21 bits per heavy atom. The van der Waals surface area contributed by atoms with E-state index in [9.17, 15) is 5.11 Å². The molecule has 3 rings (SSSR count). The summed E-state index contributed by atoms with van der Waals surface area (Å²) in [6, 6.07) is 11.8. The van der Waals surface area contributed by atoms with Gasteiger partial charge in [-0.3, -0.25) is 4.98 Å². The van der Waals surface area contributed by atoms with E-state index in [-0.39, 0.29) is 0 Å². The molecule has 96 valence electrons. The normalized spacial score (nSPS) is 12.7. The summed E-state index contributed by atoms with van der Waals surface area (Å²) >= 11 is 1.63. The number of rotatable bonds is 3. The summed E-state index contributed by atoms with van der Waals surface area (Å²) in [4.78, 5) is 8.75. The van der Waals surface area contributed by atoms with Crippen LogP contribution in [0, 0.1) is 6.92 Å². The molecular formula is C15H14N2OS. The van der Waals surface area contributed by atoms with Gasteiger partial charge >= 0.3 is 0 Å². The molecule has 2 heterocycles. The lowest BCUT2D eigenvalue weighted by Gasteiger charge is -2.10. The van der Waals surface area contributed by atoms with Gasteiger partial charge in [0.25, 0.3) is 0 Å². The van der Waals surface area contributed by atoms with Crippen LogP contribution >= 0.6 is 11.3 Å². The Hall–Kier alpha value is -1.78. The number of aliphatic hydroxyl groups is 1. The zero-order chi connectivity index (χ0) is 13.2. The number of aryl methyl sites for hydroxylation is 1. The number of aromatic nitrogens is 2. The van der Waals surface area contributed by atoms with E-state index < -0.39 is 6.10 Å². The third-order valence-electron chi connectivity index (χ3n) is 3.11. The van der Waals surface area contributed by atoms with Gasteiger partial charge in [-0.1, -0.05) is 18.2 Å². The second kappa shape index (κ2) is 5.07. The fourth-order valence-electron chi connectivity index (χ4n) is 2.13. The SMILES string of the molecule is Cc1ncccc1C(O)Cc1nc2ccccc2s1. The lowest BCUT2D eigenvalue weighted by Crippen LogP contribution is -2.04. The van der Waals surface area contributed by atoms with Crippen molar-refractivity contribution < 1.29 is 5.11 Å². The van der Waals surface area contributed by atoms with Gasteiger partial charge in [0, 0.05) is 23.9 Å². The van der Waals surface area contributed by atoms with Crippen molar-refractivity contribution in [2.45, 2.75) is 19.4 Å². The second-order valence-corrected chi connectivity index (χ2v) is 5.59. The molecule has 0 aliphatic heterocycles. The molecule has 1 aromatic carbocycles. The molecule has 0 fully saturated rings. The number of benzene rings is 1. The maximum Gasteiger partial charge on any atom is 0.0967 e. The number of aliphatic hydroxyl groups excluding tert-OH is 1. The standard InChI is InChI=1S/C15H14N2OS/c1-10-11(5-4-8-16-10)13(18)9-15-17-12-6-2-3-7-14(12)19-15/h2-8,13,18H,9H2,1H3. The fourth-order valence-corrected chi connectivity index (χ4v) is 3.14. The summed E-state index contributed by atoms with van der Waals surface area (Å²) in [6.45, 7) is 1.91.